The Morgan fingerprint density at radius 3 is 1.62 bits per heavy atom. The van der Waals surface area contributed by atoms with Crippen molar-refractivity contribution in [3.05, 3.63) is 0 Å². The van der Waals surface area contributed by atoms with Crippen LogP contribution in [0.25, 0.3) is 0 Å². The molecule has 0 aromatic heterocycles. The fourth-order valence-electron chi connectivity index (χ4n) is 2.21. The molecular formula is C12H20N8O4. The summed E-state index contributed by atoms with van der Waals surface area (Å²) in [6.07, 6.45) is 0. The zero-order chi connectivity index (χ0) is 17.4. The predicted molar refractivity (Wildman–Crippen MR) is 81.6 cm³/mol. The van der Waals surface area contributed by atoms with E-state index in [1.54, 1.807) is 9.80 Å². The number of azo groups is 1. The lowest BCUT2D eigenvalue weighted by Gasteiger charge is -2.13. The third-order valence-electron chi connectivity index (χ3n) is 3.44. The Bertz CT molecular complexity index is 491. The highest BCUT2D eigenvalue weighted by molar-refractivity contribution is 5.80. The minimum absolute atomic E-state index is 0.170. The number of nitrogens with one attached hydrogen (secondary N) is 4. The average molecular weight is 340 g/mol. The number of carbonyl (C=O) groups excluding carboxylic acids is 4. The molecule has 12 nitrogen and oxygen atoms in total. The maximum absolute atomic E-state index is 11.4. The van der Waals surface area contributed by atoms with Crippen molar-refractivity contribution in [1.29, 1.82) is 0 Å². The first kappa shape index (κ1) is 17.4. The van der Waals surface area contributed by atoms with Crippen molar-refractivity contribution in [2.45, 2.75) is 0 Å². The quantitative estimate of drug-likeness (QED) is 0.455. The normalized spacial score (nSPS) is 17.2. The van der Waals surface area contributed by atoms with Crippen molar-refractivity contribution < 1.29 is 19.2 Å². The van der Waals surface area contributed by atoms with Gasteiger partial charge >= 0.3 is 24.1 Å². The van der Waals surface area contributed by atoms with Crippen LogP contribution in [0.1, 0.15) is 0 Å². The van der Waals surface area contributed by atoms with Crippen LogP contribution >= 0.6 is 0 Å². The number of carbonyl (C=O) groups is 4. The minimum Gasteiger partial charge on any atom is -0.336 e. The Kier molecular flexibility index (Phi) is 6.28. The number of urea groups is 4. The maximum atomic E-state index is 11.4. The van der Waals surface area contributed by atoms with Gasteiger partial charge in [-0.05, 0) is 0 Å². The molecule has 132 valence electrons. The Balaban J connectivity index is 1.55. The molecule has 0 spiro atoms. The third-order valence-corrected chi connectivity index (χ3v) is 3.44. The van der Waals surface area contributed by atoms with Crippen LogP contribution in [0.2, 0.25) is 0 Å². The Hall–Kier alpha value is -2.92. The van der Waals surface area contributed by atoms with Gasteiger partial charge in [0, 0.05) is 52.4 Å². The fraction of sp³-hybridized carbons (Fsp3) is 0.667. The highest BCUT2D eigenvalue weighted by Gasteiger charge is 2.19. The summed E-state index contributed by atoms with van der Waals surface area (Å²) in [6.45, 7) is 3.52. The molecule has 0 saturated carbocycles. The molecule has 2 rings (SSSR count). The van der Waals surface area contributed by atoms with Gasteiger partial charge in [0.2, 0.25) is 0 Å². The van der Waals surface area contributed by atoms with Crippen molar-refractivity contribution in [1.82, 2.24) is 31.1 Å². The second-order valence-electron chi connectivity index (χ2n) is 5.10. The van der Waals surface area contributed by atoms with Crippen molar-refractivity contribution in [2.24, 2.45) is 10.2 Å². The molecule has 2 aliphatic rings. The maximum Gasteiger partial charge on any atom is 0.359 e. The van der Waals surface area contributed by atoms with Crippen LogP contribution in [0.15, 0.2) is 10.2 Å². The summed E-state index contributed by atoms with van der Waals surface area (Å²) in [7, 11) is 0. The van der Waals surface area contributed by atoms with Crippen LogP contribution in [0.5, 0.6) is 0 Å². The van der Waals surface area contributed by atoms with Gasteiger partial charge in [0.05, 0.1) is 0 Å². The van der Waals surface area contributed by atoms with Gasteiger partial charge in [-0.25, -0.2) is 19.2 Å². The van der Waals surface area contributed by atoms with E-state index in [2.05, 4.69) is 31.5 Å². The Labute approximate surface area is 138 Å². The molecule has 2 fully saturated rings. The van der Waals surface area contributed by atoms with E-state index >= 15 is 0 Å². The molecule has 0 aliphatic carbocycles. The van der Waals surface area contributed by atoms with Crippen molar-refractivity contribution in [3.8, 4) is 0 Å². The van der Waals surface area contributed by atoms with Crippen molar-refractivity contribution in [3.63, 3.8) is 0 Å². The fourth-order valence-corrected chi connectivity index (χ4v) is 2.21. The van der Waals surface area contributed by atoms with E-state index < -0.39 is 12.1 Å². The SMILES string of the molecule is O=C(/N=N\C(=O)NCCN1CCNC1=O)NCCN1CCNC1=O. The largest absolute Gasteiger partial charge is 0.359 e. The standard InChI is InChI=1S/C12H20N8O4/c21-9(13-1-5-19-7-3-15-11(19)23)17-18-10(22)14-2-6-20-8-4-16-12(20)24/h1-8H2,(H,13,21)(H,14,22)(H,15,23)(H,16,24)/b18-17-. The van der Waals surface area contributed by atoms with Gasteiger partial charge < -0.3 is 31.1 Å². The molecule has 0 atom stereocenters. The monoisotopic (exact) mass is 340 g/mol. The second kappa shape index (κ2) is 8.64. The second-order valence-corrected chi connectivity index (χ2v) is 5.10. The molecule has 0 aromatic carbocycles. The van der Waals surface area contributed by atoms with Gasteiger partial charge in [-0.15, -0.1) is 0 Å². The van der Waals surface area contributed by atoms with Gasteiger partial charge in [0.15, 0.2) is 0 Å². The van der Waals surface area contributed by atoms with Crippen LogP contribution < -0.4 is 21.3 Å². The number of rotatable bonds is 6. The van der Waals surface area contributed by atoms with E-state index in [1.165, 1.54) is 0 Å². The number of hydrogen-bond donors (Lipinski definition) is 4. The summed E-state index contributed by atoms with van der Waals surface area (Å²) in [5.41, 5.74) is 0. The average Bonchev–Trinajstić information content (AvgIpc) is 3.14. The highest BCUT2D eigenvalue weighted by Crippen LogP contribution is 1.95. The van der Waals surface area contributed by atoms with Crippen LogP contribution in [-0.4, -0.2) is 86.3 Å². The molecule has 24 heavy (non-hydrogen) atoms. The number of nitrogens with zero attached hydrogens (tertiary/aromatic N) is 4. The zero-order valence-corrected chi connectivity index (χ0v) is 13.1. The molecule has 0 unspecified atom stereocenters. The topological polar surface area (TPSA) is 148 Å². The molecule has 8 amide bonds. The summed E-state index contributed by atoms with van der Waals surface area (Å²) in [4.78, 5) is 48.4. The highest BCUT2D eigenvalue weighted by atomic mass is 16.2. The van der Waals surface area contributed by atoms with E-state index in [9.17, 15) is 19.2 Å². The number of hydrogen-bond acceptors (Lipinski definition) is 4. The van der Waals surface area contributed by atoms with Crippen molar-refractivity contribution in [2.75, 3.05) is 52.4 Å². The van der Waals surface area contributed by atoms with Crippen LogP contribution in [0.4, 0.5) is 19.2 Å². The molecule has 0 aromatic rings. The first-order chi connectivity index (χ1) is 11.6. The van der Waals surface area contributed by atoms with Gasteiger partial charge in [0.25, 0.3) is 0 Å². The van der Waals surface area contributed by atoms with Gasteiger partial charge in [-0.1, -0.05) is 10.2 Å². The summed E-state index contributed by atoms with van der Waals surface area (Å²) in [5, 5.41) is 16.6. The Morgan fingerprint density at radius 2 is 1.29 bits per heavy atom. The minimum atomic E-state index is -0.760. The lowest BCUT2D eigenvalue weighted by Crippen LogP contribution is -2.36. The molecular weight excluding hydrogens is 320 g/mol. The van der Waals surface area contributed by atoms with E-state index in [4.69, 9.17) is 0 Å². The first-order valence-corrected chi connectivity index (χ1v) is 7.59. The van der Waals surface area contributed by atoms with Gasteiger partial charge in [0.1, 0.15) is 0 Å². The number of amides is 8. The Morgan fingerprint density at radius 1 is 0.875 bits per heavy atom. The summed E-state index contributed by atoms with van der Waals surface area (Å²) in [6, 6.07) is -1.86. The lowest BCUT2D eigenvalue weighted by molar-refractivity contribution is 0.215. The van der Waals surface area contributed by atoms with Crippen LogP contribution in [-0.2, 0) is 0 Å². The molecule has 2 saturated heterocycles. The predicted octanol–water partition coefficient (Wildman–Crippen LogP) is -1.09. The van der Waals surface area contributed by atoms with Crippen LogP contribution in [0, 0.1) is 0 Å². The van der Waals surface area contributed by atoms with E-state index in [1.807, 2.05) is 0 Å². The molecule has 12 heteroatoms. The zero-order valence-electron chi connectivity index (χ0n) is 13.1. The van der Waals surface area contributed by atoms with Crippen molar-refractivity contribution >= 4 is 24.1 Å². The molecule has 0 radical (unpaired) electrons. The summed E-state index contributed by atoms with van der Waals surface area (Å²) in [5.74, 6) is 0. The first-order valence-electron chi connectivity index (χ1n) is 7.59. The summed E-state index contributed by atoms with van der Waals surface area (Å²) < 4.78 is 0. The van der Waals surface area contributed by atoms with Gasteiger partial charge in [-0.3, -0.25) is 0 Å². The molecule has 4 N–H and O–H groups in total. The van der Waals surface area contributed by atoms with E-state index in [0.29, 0.717) is 39.3 Å². The molecule has 2 aliphatic heterocycles. The summed E-state index contributed by atoms with van der Waals surface area (Å²) >= 11 is 0. The van der Waals surface area contributed by atoms with E-state index in [-0.39, 0.29) is 25.2 Å². The smallest absolute Gasteiger partial charge is 0.336 e. The lowest BCUT2D eigenvalue weighted by atomic mass is 10.5. The van der Waals surface area contributed by atoms with E-state index in [0.717, 1.165) is 0 Å². The van der Waals surface area contributed by atoms with Crippen LogP contribution in [0.3, 0.4) is 0 Å². The third kappa shape index (κ3) is 5.37. The molecule has 2 heterocycles. The van der Waals surface area contributed by atoms with Gasteiger partial charge in [-0.2, -0.15) is 0 Å². The molecule has 0 bridgehead atoms.